The van der Waals surface area contributed by atoms with Gasteiger partial charge in [0, 0.05) is 12.7 Å². The predicted molar refractivity (Wildman–Crippen MR) is 53.2 cm³/mol. The summed E-state index contributed by atoms with van der Waals surface area (Å²) in [6.07, 6.45) is 0. The number of rotatable bonds is 0. The molecule has 0 radical (unpaired) electrons. The normalized spacial score (nSPS) is 25.5. The molecule has 2 heterocycles. The van der Waals surface area contributed by atoms with Gasteiger partial charge in [0.2, 0.25) is 0 Å². The van der Waals surface area contributed by atoms with Crippen LogP contribution in [0.15, 0.2) is 11.1 Å². The van der Waals surface area contributed by atoms with E-state index in [2.05, 4.69) is 34.9 Å². The maximum atomic E-state index is 10.9. The van der Waals surface area contributed by atoms with Gasteiger partial charge in [-0.15, -0.1) is 11.8 Å². The molecule has 1 saturated heterocycles. The molecule has 0 unspecified atom stereocenters. The number of likely N-dealkylation sites (N-methyl/N-ethyl adjacent to an activating group) is 1. The quantitative estimate of drug-likeness (QED) is 0.598. The van der Waals surface area contributed by atoms with E-state index in [1.807, 2.05) is 0 Å². The Morgan fingerprint density at radius 2 is 2.15 bits per heavy atom. The molecule has 0 aromatic rings. The number of nitrogens with one attached hydrogen (secondary N) is 2. The summed E-state index contributed by atoms with van der Waals surface area (Å²) in [5.74, 6) is 0. The summed E-state index contributed by atoms with van der Waals surface area (Å²) in [7, 11) is 2.06. The summed E-state index contributed by atoms with van der Waals surface area (Å²) in [4.78, 5) is 13.1. The van der Waals surface area contributed by atoms with Gasteiger partial charge in [-0.2, -0.15) is 0 Å². The Morgan fingerprint density at radius 1 is 1.54 bits per heavy atom. The van der Waals surface area contributed by atoms with Crippen molar-refractivity contribution in [3.05, 3.63) is 11.1 Å². The molecule has 2 aliphatic rings. The summed E-state index contributed by atoms with van der Waals surface area (Å²) in [5.41, 5.74) is 1.25. The van der Waals surface area contributed by atoms with E-state index in [0.717, 1.165) is 0 Å². The zero-order valence-electron chi connectivity index (χ0n) is 7.76. The molecule has 1 fully saturated rings. The van der Waals surface area contributed by atoms with Gasteiger partial charge in [0.1, 0.15) is 4.87 Å². The van der Waals surface area contributed by atoms with E-state index in [0.29, 0.717) is 13.1 Å². The molecular weight excluding hydrogens is 186 g/mol. The minimum absolute atomic E-state index is 0.00199. The largest absolute Gasteiger partial charge is 0.360 e. The van der Waals surface area contributed by atoms with Crippen molar-refractivity contribution in [2.45, 2.75) is 11.8 Å². The molecule has 2 aliphatic heterocycles. The van der Waals surface area contributed by atoms with Crippen molar-refractivity contribution in [1.29, 1.82) is 0 Å². The smallest absolute Gasteiger partial charge is 0.315 e. The third-order valence-electron chi connectivity index (χ3n) is 2.64. The van der Waals surface area contributed by atoms with Crippen LogP contribution in [0, 0.1) is 0 Å². The molecular formula is C8H13N3OS. The Bertz CT molecular complexity index is 267. The Hall–Kier alpha value is -0.840. The van der Waals surface area contributed by atoms with Gasteiger partial charge in [-0.05, 0) is 12.3 Å². The second-order valence-electron chi connectivity index (χ2n) is 3.42. The van der Waals surface area contributed by atoms with Crippen molar-refractivity contribution < 1.29 is 4.79 Å². The molecule has 2 amide bonds. The van der Waals surface area contributed by atoms with Crippen LogP contribution < -0.4 is 10.6 Å². The van der Waals surface area contributed by atoms with E-state index >= 15 is 0 Å². The first-order valence-corrected chi connectivity index (χ1v) is 5.12. The molecule has 4 nitrogen and oxygen atoms in total. The van der Waals surface area contributed by atoms with Gasteiger partial charge >= 0.3 is 6.03 Å². The highest BCUT2D eigenvalue weighted by atomic mass is 32.2. The molecule has 0 bridgehead atoms. The minimum atomic E-state index is -0.0656. The summed E-state index contributed by atoms with van der Waals surface area (Å²) < 4.78 is 0. The molecule has 13 heavy (non-hydrogen) atoms. The SMILES string of the molecule is CC1=CSC2(CNC(=O)NC2)N1C. The molecule has 0 aliphatic carbocycles. The highest BCUT2D eigenvalue weighted by molar-refractivity contribution is 8.03. The van der Waals surface area contributed by atoms with E-state index in [1.165, 1.54) is 5.70 Å². The minimum Gasteiger partial charge on any atom is -0.360 e. The summed E-state index contributed by atoms with van der Waals surface area (Å²) in [6.45, 7) is 3.49. The number of nitrogens with zero attached hydrogens (tertiary/aromatic N) is 1. The van der Waals surface area contributed by atoms with Gasteiger partial charge in [0.15, 0.2) is 0 Å². The summed E-state index contributed by atoms with van der Waals surface area (Å²) >= 11 is 1.77. The lowest BCUT2D eigenvalue weighted by Gasteiger charge is -2.40. The van der Waals surface area contributed by atoms with Gasteiger partial charge in [-0.1, -0.05) is 0 Å². The Morgan fingerprint density at radius 3 is 2.62 bits per heavy atom. The van der Waals surface area contributed by atoms with E-state index in [-0.39, 0.29) is 10.9 Å². The number of carbonyl (C=O) groups excluding carboxylic acids is 1. The maximum absolute atomic E-state index is 10.9. The van der Waals surface area contributed by atoms with Gasteiger partial charge in [-0.25, -0.2) is 4.79 Å². The number of amides is 2. The van der Waals surface area contributed by atoms with Crippen LogP contribution in [0.5, 0.6) is 0 Å². The van der Waals surface area contributed by atoms with E-state index in [9.17, 15) is 4.79 Å². The van der Waals surface area contributed by atoms with Crippen molar-refractivity contribution in [3.8, 4) is 0 Å². The molecule has 72 valence electrons. The predicted octanol–water partition coefficient (Wildman–Crippen LogP) is 0.535. The van der Waals surface area contributed by atoms with Crippen molar-refractivity contribution in [1.82, 2.24) is 15.5 Å². The lowest BCUT2D eigenvalue weighted by atomic mass is 10.2. The van der Waals surface area contributed by atoms with Gasteiger partial charge in [0.25, 0.3) is 0 Å². The number of carbonyl (C=O) groups is 1. The molecule has 5 heteroatoms. The van der Waals surface area contributed by atoms with Crippen LogP contribution in [0.3, 0.4) is 0 Å². The zero-order valence-corrected chi connectivity index (χ0v) is 8.57. The van der Waals surface area contributed by atoms with E-state index in [4.69, 9.17) is 0 Å². The fraction of sp³-hybridized carbons (Fsp3) is 0.625. The number of hydrogen-bond donors (Lipinski definition) is 2. The van der Waals surface area contributed by atoms with Crippen LogP contribution in [0.4, 0.5) is 4.79 Å². The van der Waals surface area contributed by atoms with Gasteiger partial charge in [-0.3, -0.25) is 0 Å². The van der Waals surface area contributed by atoms with Gasteiger partial charge in [0.05, 0.1) is 13.1 Å². The fourth-order valence-electron chi connectivity index (χ4n) is 1.56. The molecule has 2 N–H and O–H groups in total. The number of allylic oxidation sites excluding steroid dienone is 1. The Labute approximate surface area is 81.7 Å². The summed E-state index contributed by atoms with van der Waals surface area (Å²) in [5, 5.41) is 7.78. The highest BCUT2D eigenvalue weighted by Crippen LogP contribution is 2.39. The number of hydrogen-bond acceptors (Lipinski definition) is 3. The Balaban J connectivity index is 2.12. The third kappa shape index (κ3) is 1.27. The van der Waals surface area contributed by atoms with Crippen molar-refractivity contribution in [2.24, 2.45) is 0 Å². The first-order chi connectivity index (χ1) is 6.14. The van der Waals surface area contributed by atoms with Crippen molar-refractivity contribution >= 4 is 17.8 Å². The number of urea groups is 1. The second kappa shape index (κ2) is 2.83. The number of thioether (sulfide) groups is 1. The van der Waals surface area contributed by atoms with Crippen molar-refractivity contribution in [2.75, 3.05) is 20.1 Å². The van der Waals surface area contributed by atoms with E-state index < -0.39 is 0 Å². The van der Waals surface area contributed by atoms with Crippen LogP contribution in [-0.2, 0) is 0 Å². The fourth-order valence-corrected chi connectivity index (χ4v) is 2.72. The summed E-state index contributed by atoms with van der Waals surface area (Å²) in [6, 6.07) is -0.0656. The molecule has 0 aromatic carbocycles. The molecule has 0 saturated carbocycles. The lowest BCUT2D eigenvalue weighted by molar-refractivity contribution is 0.204. The average Bonchev–Trinajstić information content (AvgIpc) is 2.40. The van der Waals surface area contributed by atoms with Gasteiger partial charge < -0.3 is 15.5 Å². The maximum Gasteiger partial charge on any atom is 0.315 e. The van der Waals surface area contributed by atoms with Crippen molar-refractivity contribution in [3.63, 3.8) is 0 Å². The van der Waals surface area contributed by atoms with Crippen LogP contribution in [-0.4, -0.2) is 35.9 Å². The van der Waals surface area contributed by atoms with Crippen LogP contribution >= 0.6 is 11.8 Å². The molecule has 2 rings (SSSR count). The van der Waals surface area contributed by atoms with E-state index in [1.54, 1.807) is 11.8 Å². The molecule has 0 atom stereocenters. The highest BCUT2D eigenvalue weighted by Gasteiger charge is 2.41. The van der Waals surface area contributed by atoms with Crippen LogP contribution in [0.2, 0.25) is 0 Å². The second-order valence-corrected chi connectivity index (χ2v) is 4.65. The topological polar surface area (TPSA) is 44.4 Å². The zero-order chi connectivity index (χ0) is 9.47. The standard InChI is InChI=1S/C8H13N3OS/c1-6-3-13-8(11(6)2)4-9-7(12)10-5-8/h3H,4-5H2,1-2H3,(H2,9,10,12). The first-order valence-electron chi connectivity index (χ1n) is 4.24. The monoisotopic (exact) mass is 199 g/mol. The lowest BCUT2D eigenvalue weighted by Crippen LogP contribution is -2.62. The van der Waals surface area contributed by atoms with Crippen LogP contribution in [0.25, 0.3) is 0 Å². The third-order valence-corrected chi connectivity index (χ3v) is 4.10. The average molecular weight is 199 g/mol. The molecule has 1 spiro atoms. The Kier molecular flexibility index (Phi) is 1.91. The van der Waals surface area contributed by atoms with Crippen LogP contribution in [0.1, 0.15) is 6.92 Å². The molecule has 0 aromatic heterocycles. The first kappa shape index (κ1) is 8.74.